The highest BCUT2D eigenvalue weighted by molar-refractivity contribution is 5.72. The number of benzene rings is 3. The van der Waals surface area contributed by atoms with Crippen molar-refractivity contribution in [2.24, 2.45) is 17.8 Å². The molecule has 0 N–H and O–H groups in total. The fourth-order valence-electron chi connectivity index (χ4n) is 7.31. The molecule has 2 saturated carbocycles. The van der Waals surface area contributed by atoms with Gasteiger partial charge in [-0.3, -0.25) is 0 Å². The second-order valence-electron chi connectivity index (χ2n) is 12.3. The molecule has 3 aromatic rings. The molecule has 0 atom stereocenters. The Morgan fingerprint density at radius 3 is 1.81 bits per heavy atom. The summed E-state index contributed by atoms with van der Waals surface area (Å²) in [4.78, 5) is 0. The molecule has 0 amide bonds. The molecule has 2 aliphatic carbocycles. The van der Waals surface area contributed by atoms with E-state index in [-0.39, 0.29) is 29.4 Å². The summed E-state index contributed by atoms with van der Waals surface area (Å²) in [5.74, 6) is -1.39. The zero-order valence-electron chi connectivity index (χ0n) is 24.6. The van der Waals surface area contributed by atoms with E-state index >= 15 is 8.78 Å². The minimum atomic E-state index is -1.06. The van der Waals surface area contributed by atoms with Crippen LogP contribution in [0.3, 0.4) is 0 Å². The van der Waals surface area contributed by atoms with Crippen LogP contribution in [0.1, 0.15) is 89.0 Å². The molecule has 0 saturated heterocycles. The lowest BCUT2D eigenvalue weighted by Gasteiger charge is -2.38. The third kappa shape index (κ3) is 6.61. The Kier molecular flexibility index (Phi) is 10.1. The van der Waals surface area contributed by atoms with Crippen molar-refractivity contribution in [3.05, 3.63) is 90.0 Å². The maximum absolute atomic E-state index is 15.4. The Balaban J connectivity index is 1.24. The van der Waals surface area contributed by atoms with Gasteiger partial charge in [0.05, 0.1) is 6.61 Å². The summed E-state index contributed by atoms with van der Waals surface area (Å²) >= 11 is 0. The smallest absolute Gasteiger partial charge is 0.201 e. The summed E-state index contributed by atoms with van der Waals surface area (Å²) < 4.78 is 65.4. The summed E-state index contributed by atoms with van der Waals surface area (Å²) in [5.41, 5.74) is 1.63. The highest BCUT2D eigenvalue weighted by Crippen LogP contribution is 2.45. The van der Waals surface area contributed by atoms with Gasteiger partial charge in [-0.2, -0.15) is 4.39 Å². The number of hydrogen-bond acceptors (Lipinski definition) is 1. The van der Waals surface area contributed by atoms with Crippen LogP contribution in [0.25, 0.3) is 22.3 Å². The van der Waals surface area contributed by atoms with Gasteiger partial charge in [-0.05, 0) is 97.4 Å². The molecule has 0 unspecified atom stereocenters. The van der Waals surface area contributed by atoms with Gasteiger partial charge in [0, 0.05) is 11.1 Å². The largest absolute Gasteiger partial charge is 0.490 e. The van der Waals surface area contributed by atoms with Crippen molar-refractivity contribution in [2.75, 3.05) is 6.61 Å². The summed E-state index contributed by atoms with van der Waals surface area (Å²) in [6, 6.07) is 12.6. The molecule has 0 spiro atoms. The molecule has 0 aromatic heterocycles. The highest BCUT2D eigenvalue weighted by atomic mass is 19.2. The summed E-state index contributed by atoms with van der Waals surface area (Å²) in [6.07, 6.45) is 14.1. The Morgan fingerprint density at radius 2 is 1.24 bits per heavy atom. The Morgan fingerprint density at radius 1 is 0.690 bits per heavy atom. The van der Waals surface area contributed by atoms with Crippen molar-refractivity contribution in [2.45, 2.75) is 83.5 Å². The van der Waals surface area contributed by atoms with E-state index in [2.05, 4.69) is 13.5 Å². The zero-order valence-corrected chi connectivity index (χ0v) is 24.6. The molecular weight excluding hydrogens is 536 g/mol. The van der Waals surface area contributed by atoms with E-state index in [0.29, 0.717) is 29.0 Å². The van der Waals surface area contributed by atoms with Crippen molar-refractivity contribution >= 4 is 0 Å². The molecule has 1 nitrogen and oxygen atoms in total. The van der Waals surface area contributed by atoms with Crippen LogP contribution in [0, 0.1) is 41.0 Å². The van der Waals surface area contributed by atoms with Crippen LogP contribution in [-0.2, 0) is 0 Å². The van der Waals surface area contributed by atoms with Gasteiger partial charge < -0.3 is 4.74 Å². The molecule has 0 aliphatic heterocycles. The number of hydrogen-bond donors (Lipinski definition) is 0. The summed E-state index contributed by atoms with van der Waals surface area (Å²) in [5, 5.41) is 0. The molecule has 0 bridgehead atoms. The maximum Gasteiger partial charge on any atom is 0.201 e. The fraction of sp³-hybridized carbons (Fsp3) is 0.459. The van der Waals surface area contributed by atoms with Gasteiger partial charge in [0.2, 0.25) is 5.82 Å². The van der Waals surface area contributed by atoms with Crippen molar-refractivity contribution in [1.29, 1.82) is 0 Å². The molecule has 2 aliphatic rings. The molecule has 224 valence electrons. The lowest BCUT2D eigenvalue weighted by molar-refractivity contribution is 0.156. The molecule has 0 heterocycles. The van der Waals surface area contributed by atoms with E-state index in [1.807, 2.05) is 0 Å². The van der Waals surface area contributed by atoms with Gasteiger partial charge in [-0.25, -0.2) is 13.2 Å². The van der Waals surface area contributed by atoms with Crippen LogP contribution in [-0.4, -0.2) is 6.61 Å². The van der Waals surface area contributed by atoms with Gasteiger partial charge >= 0.3 is 0 Å². The van der Waals surface area contributed by atoms with Crippen LogP contribution in [0.5, 0.6) is 5.75 Å². The third-order valence-electron chi connectivity index (χ3n) is 9.71. The standard InChI is InChI=1S/C37H42F4O/c1-3-5-23-42-33-22-21-32(36(40)37(33)41)29-17-15-28(16-18-29)31-20-19-30(34(38)35(31)39)27-13-11-26(12-14-27)25-9-7-24(6-4-2)8-10-25/h3,15-22,24-27H,1,4-14,23H2,2H3. The predicted molar refractivity (Wildman–Crippen MR) is 163 cm³/mol. The van der Waals surface area contributed by atoms with Crippen molar-refractivity contribution in [3.63, 3.8) is 0 Å². The first-order valence-electron chi connectivity index (χ1n) is 15.7. The van der Waals surface area contributed by atoms with E-state index in [1.165, 1.54) is 50.7 Å². The molecule has 0 radical (unpaired) electrons. The van der Waals surface area contributed by atoms with E-state index in [1.54, 1.807) is 42.5 Å². The van der Waals surface area contributed by atoms with E-state index < -0.39 is 23.3 Å². The average molecular weight is 579 g/mol. The third-order valence-corrected chi connectivity index (χ3v) is 9.71. The summed E-state index contributed by atoms with van der Waals surface area (Å²) in [6.45, 7) is 6.06. The van der Waals surface area contributed by atoms with Gasteiger partial charge in [0.1, 0.15) is 0 Å². The average Bonchev–Trinajstić information content (AvgIpc) is 3.02. The van der Waals surface area contributed by atoms with Crippen LogP contribution in [0.15, 0.2) is 61.2 Å². The predicted octanol–water partition coefficient (Wildman–Crippen LogP) is 11.4. The number of halogens is 4. The first-order chi connectivity index (χ1) is 20.4. The van der Waals surface area contributed by atoms with Crippen LogP contribution < -0.4 is 4.74 Å². The monoisotopic (exact) mass is 578 g/mol. The molecule has 42 heavy (non-hydrogen) atoms. The van der Waals surface area contributed by atoms with E-state index in [0.717, 1.165) is 37.5 Å². The van der Waals surface area contributed by atoms with E-state index in [9.17, 15) is 8.78 Å². The normalized spacial score (nSPS) is 22.6. The second-order valence-corrected chi connectivity index (χ2v) is 12.3. The quantitative estimate of drug-likeness (QED) is 0.132. The van der Waals surface area contributed by atoms with Gasteiger partial charge in [0.25, 0.3) is 0 Å². The van der Waals surface area contributed by atoms with Crippen LogP contribution in [0.2, 0.25) is 0 Å². The van der Waals surface area contributed by atoms with Crippen LogP contribution >= 0.6 is 0 Å². The first-order valence-corrected chi connectivity index (χ1v) is 15.7. The van der Waals surface area contributed by atoms with Gasteiger partial charge in [-0.1, -0.05) is 75.1 Å². The minimum Gasteiger partial charge on any atom is -0.490 e. The molecule has 2 fully saturated rings. The molecule has 5 heteroatoms. The molecule has 5 rings (SSSR count). The van der Waals surface area contributed by atoms with Gasteiger partial charge in [-0.15, -0.1) is 6.58 Å². The Labute approximate surface area is 248 Å². The van der Waals surface area contributed by atoms with E-state index in [4.69, 9.17) is 4.74 Å². The van der Waals surface area contributed by atoms with Crippen molar-refractivity contribution in [3.8, 4) is 28.0 Å². The number of ether oxygens (including phenoxy) is 1. The Bertz CT molecular complexity index is 1350. The fourth-order valence-corrected chi connectivity index (χ4v) is 7.31. The lowest BCUT2D eigenvalue weighted by Crippen LogP contribution is -2.25. The van der Waals surface area contributed by atoms with Crippen molar-refractivity contribution < 1.29 is 22.3 Å². The topological polar surface area (TPSA) is 9.23 Å². The second kappa shape index (κ2) is 13.9. The SMILES string of the molecule is C=CCCOc1ccc(-c2ccc(-c3ccc(C4CCC(C5CCC(CCC)CC5)CC4)c(F)c3F)cc2)c(F)c1F. The molecule has 3 aromatic carbocycles. The van der Waals surface area contributed by atoms with Crippen molar-refractivity contribution in [1.82, 2.24) is 0 Å². The zero-order chi connectivity index (χ0) is 29.6. The Hall–Kier alpha value is -3.08. The highest BCUT2D eigenvalue weighted by Gasteiger charge is 2.32. The van der Waals surface area contributed by atoms with Gasteiger partial charge in [0.15, 0.2) is 23.2 Å². The first kappa shape index (κ1) is 30.4. The van der Waals surface area contributed by atoms with Crippen LogP contribution in [0.4, 0.5) is 17.6 Å². The minimum absolute atomic E-state index is 0.0465. The molecular formula is C37H42F4O. The summed E-state index contributed by atoms with van der Waals surface area (Å²) in [7, 11) is 0. The maximum atomic E-state index is 15.4. The lowest BCUT2D eigenvalue weighted by atomic mass is 9.68. The number of rotatable bonds is 10.